The number of rotatable bonds is 4. The third kappa shape index (κ3) is 4.00. The molecule has 0 bridgehead atoms. The number of carbonyl (C=O) groups excluding carboxylic acids is 2. The van der Waals surface area contributed by atoms with Gasteiger partial charge in [0.15, 0.2) is 0 Å². The Kier molecular flexibility index (Phi) is 5.41. The van der Waals surface area contributed by atoms with Crippen LogP contribution >= 0.6 is 0 Å². The molecule has 5 heteroatoms. The fourth-order valence-corrected chi connectivity index (χ4v) is 1.98. The van der Waals surface area contributed by atoms with E-state index in [0.717, 1.165) is 25.8 Å². The smallest absolute Gasteiger partial charge is 0.325 e. The van der Waals surface area contributed by atoms with Crippen LogP contribution in [0.3, 0.4) is 0 Å². The molecule has 1 aliphatic heterocycles. The van der Waals surface area contributed by atoms with Crippen LogP contribution in [0.2, 0.25) is 0 Å². The molecule has 1 unspecified atom stereocenters. The summed E-state index contributed by atoms with van der Waals surface area (Å²) in [5, 5.41) is 3.20. The van der Waals surface area contributed by atoms with E-state index < -0.39 is 0 Å². The second-order valence-electron chi connectivity index (χ2n) is 4.64. The number of carbonyl (C=O) groups is 2. The Morgan fingerprint density at radius 1 is 1.41 bits per heavy atom. The fraction of sp³-hybridized carbons (Fsp3) is 0.833. The number of ether oxygens (including phenoxy) is 1. The Hall–Kier alpha value is -1.10. The first-order valence-corrected chi connectivity index (χ1v) is 6.17. The largest absolute Gasteiger partial charge is 0.468 e. The first-order valence-electron chi connectivity index (χ1n) is 6.17. The van der Waals surface area contributed by atoms with Crippen LogP contribution in [-0.4, -0.2) is 49.1 Å². The van der Waals surface area contributed by atoms with Gasteiger partial charge in [0.2, 0.25) is 5.91 Å². The van der Waals surface area contributed by atoms with Gasteiger partial charge in [-0.05, 0) is 33.2 Å². The molecule has 0 radical (unpaired) electrons. The summed E-state index contributed by atoms with van der Waals surface area (Å²) >= 11 is 0. The van der Waals surface area contributed by atoms with E-state index >= 15 is 0 Å². The van der Waals surface area contributed by atoms with Crippen molar-refractivity contribution in [2.45, 2.75) is 45.2 Å². The number of nitrogens with zero attached hydrogens (tertiary/aromatic N) is 1. The number of methoxy groups -OCH3 is 1. The number of nitrogens with one attached hydrogen (secondary N) is 1. The van der Waals surface area contributed by atoms with Gasteiger partial charge < -0.3 is 15.0 Å². The molecule has 0 aromatic rings. The van der Waals surface area contributed by atoms with Gasteiger partial charge >= 0.3 is 5.97 Å². The second kappa shape index (κ2) is 6.59. The standard InChI is InChI=1S/C12H22N2O3/c1-9(2)14(8-11(15)17-3)12(16)10-6-4-5-7-13-10/h9-10,13H,4-8H2,1-3H3. The summed E-state index contributed by atoms with van der Waals surface area (Å²) in [6.45, 7) is 4.72. The third-order valence-electron chi connectivity index (χ3n) is 3.04. The summed E-state index contributed by atoms with van der Waals surface area (Å²) in [7, 11) is 1.34. The van der Waals surface area contributed by atoms with E-state index in [0.29, 0.717) is 0 Å². The predicted molar refractivity (Wildman–Crippen MR) is 64.5 cm³/mol. The monoisotopic (exact) mass is 242 g/mol. The van der Waals surface area contributed by atoms with Crippen LogP contribution in [0, 0.1) is 0 Å². The van der Waals surface area contributed by atoms with Crippen LogP contribution in [0.1, 0.15) is 33.1 Å². The molecule has 1 N–H and O–H groups in total. The molecule has 1 rings (SSSR count). The minimum Gasteiger partial charge on any atom is -0.468 e. The van der Waals surface area contributed by atoms with Gasteiger partial charge in [-0.3, -0.25) is 9.59 Å². The summed E-state index contributed by atoms with van der Waals surface area (Å²) in [6, 6.07) is -0.138. The van der Waals surface area contributed by atoms with Gasteiger partial charge in [0, 0.05) is 6.04 Å². The highest BCUT2D eigenvalue weighted by Crippen LogP contribution is 2.11. The van der Waals surface area contributed by atoms with Crippen LogP contribution < -0.4 is 5.32 Å². The van der Waals surface area contributed by atoms with Crippen LogP contribution in [-0.2, 0) is 14.3 Å². The molecule has 98 valence electrons. The van der Waals surface area contributed by atoms with Gasteiger partial charge in [-0.25, -0.2) is 0 Å². The lowest BCUT2D eigenvalue weighted by atomic mass is 10.0. The van der Waals surface area contributed by atoms with E-state index in [1.807, 2.05) is 13.8 Å². The first-order chi connectivity index (χ1) is 8.06. The minimum absolute atomic E-state index is 0.00472. The first kappa shape index (κ1) is 14.0. The van der Waals surface area contributed by atoms with Crippen molar-refractivity contribution in [2.24, 2.45) is 0 Å². The highest BCUT2D eigenvalue weighted by atomic mass is 16.5. The van der Waals surface area contributed by atoms with Crippen LogP contribution in [0.5, 0.6) is 0 Å². The van der Waals surface area contributed by atoms with Crippen molar-refractivity contribution in [1.29, 1.82) is 0 Å². The van der Waals surface area contributed by atoms with Crippen molar-refractivity contribution >= 4 is 11.9 Å². The van der Waals surface area contributed by atoms with E-state index in [2.05, 4.69) is 10.1 Å². The molecule has 1 aliphatic rings. The maximum absolute atomic E-state index is 12.2. The van der Waals surface area contributed by atoms with E-state index in [1.165, 1.54) is 7.11 Å². The Bertz CT molecular complexity index is 273. The average Bonchev–Trinajstić information content (AvgIpc) is 2.35. The zero-order valence-electron chi connectivity index (χ0n) is 10.9. The Labute approximate surface area is 102 Å². The van der Waals surface area contributed by atoms with Crippen molar-refractivity contribution in [3.63, 3.8) is 0 Å². The van der Waals surface area contributed by atoms with Crippen LogP contribution in [0.15, 0.2) is 0 Å². The van der Waals surface area contributed by atoms with Gasteiger partial charge in [0.25, 0.3) is 0 Å². The minimum atomic E-state index is -0.372. The molecule has 0 aromatic carbocycles. The quantitative estimate of drug-likeness (QED) is 0.731. The molecule has 0 spiro atoms. The lowest BCUT2D eigenvalue weighted by molar-refractivity contribution is -0.149. The Morgan fingerprint density at radius 3 is 2.59 bits per heavy atom. The summed E-state index contributed by atoms with van der Waals surface area (Å²) in [6.07, 6.45) is 3.03. The van der Waals surface area contributed by atoms with Gasteiger partial charge in [0.05, 0.1) is 13.2 Å². The molecule has 17 heavy (non-hydrogen) atoms. The predicted octanol–water partition coefficient (Wildman–Crippen LogP) is 0.538. The Balaban J connectivity index is 2.62. The van der Waals surface area contributed by atoms with E-state index in [9.17, 15) is 9.59 Å². The topological polar surface area (TPSA) is 58.6 Å². The molecular formula is C12H22N2O3. The SMILES string of the molecule is COC(=O)CN(C(=O)C1CCCCN1)C(C)C. The molecule has 0 aliphatic carbocycles. The molecule has 5 nitrogen and oxygen atoms in total. The van der Waals surface area contributed by atoms with Crippen molar-refractivity contribution in [1.82, 2.24) is 10.2 Å². The van der Waals surface area contributed by atoms with Gasteiger partial charge in [0.1, 0.15) is 6.54 Å². The van der Waals surface area contributed by atoms with Crippen LogP contribution in [0.25, 0.3) is 0 Å². The van der Waals surface area contributed by atoms with Crippen LogP contribution in [0.4, 0.5) is 0 Å². The van der Waals surface area contributed by atoms with Gasteiger partial charge in [-0.2, -0.15) is 0 Å². The molecular weight excluding hydrogens is 220 g/mol. The summed E-state index contributed by atoms with van der Waals surface area (Å²) in [4.78, 5) is 25.1. The highest BCUT2D eigenvalue weighted by molar-refractivity contribution is 5.86. The molecule has 1 heterocycles. The van der Waals surface area contributed by atoms with Gasteiger partial charge in [-0.15, -0.1) is 0 Å². The number of hydrogen-bond donors (Lipinski definition) is 1. The second-order valence-corrected chi connectivity index (χ2v) is 4.64. The lowest BCUT2D eigenvalue weighted by Gasteiger charge is -2.31. The number of amides is 1. The average molecular weight is 242 g/mol. The molecule has 1 fully saturated rings. The number of hydrogen-bond acceptors (Lipinski definition) is 4. The molecule has 1 amide bonds. The summed E-state index contributed by atoms with van der Waals surface area (Å²) < 4.78 is 4.62. The fourth-order valence-electron chi connectivity index (χ4n) is 1.98. The van der Waals surface area contributed by atoms with E-state index in [1.54, 1.807) is 4.90 Å². The van der Waals surface area contributed by atoms with E-state index in [4.69, 9.17) is 0 Å². The zero-order valence-corrected chi connectivity index (χ0v) is 10.9. The van der Waals surface area contributed by atoms with Crippen molar-refractivity contribution in [3.05, 3.63) is 0 Å². The number of piperidine rings is 1. The number of esters is 1. The van der Waals surface area contributed by atoms with Crippen molar-refractivity contribution in [3.8, 4) is 0 Å². The van der Waals surface area contributed by atoms with Crippen molar-refractivity contribution in [2.75, 3.05) is 20.2 Å². The molecule has 0 saturated carbocycles. The normalized spacial score (nSPS) is 20.1. The third-order valence-corrected chi connectivity index (χ3v) is 3.04. The maximum atomic E-state index is 12.2. The highest BCUT2D eigenvalue weighted by Gasteiger charge is 2.28. The maximum Gasteiger partial charge on any atom is 0.325 e. The zero-order chi connectivity index (χ0) is 12.8. The van der Waals surface area contributed by atoms with Crippen molar-refractivity contribution < 1.29 is 14.3 Å². The molecule has 1 saturated heterocycles. The summed E-state index contributed by atoms with van der Waals surface area (Å²) in [5.74, 6) is -0.368. The van der Waals surface area contributed by atoms with Gasteiger partial charge in [-0.1, -0.05) is 6.42 Å². The van der Waals surface area contributed by atoms with E-state index in [-0.39, 0.29) is 30.5 Å². The lowest BCUT2D eigenvalue weighted by Crippen LogP contribution is -2.52. The molecule has 1 atom stereocenters. The molecule has 0 aromatic heterocycles. The Morgan fingerprint density at radius 2 is 2.12 bits per heavy atom. The summed E-state index contributed by atoms with van der Waals surface area (Å²) in [5.41, 5.74) is 0.